The first-order valence-electron chi connectivity index (χ1n) is 5.56. The molecule has 1 aromatic carbocycles. The van der Waals surface area contributed by atoms with Crippen LogP contribution >= 0.6 is 11.8 Å². The summed E-state index contributed by atoms with van der Waals surface area (Å²) >= 11 is 1.61. The fourth-order valence-electron chi connectivity index (χ4n) is 1.45. The van der Waals surface area contributed by atoms with E-state index in [0.29, 0.717) is 17.7 Å². The van der Waals surface area contributed by atoms with E-state index in [1.54, 1.807) is 23.9 Å². The second-order valence-electron chi connectivity index (χ2n) is 3.83. The lowest BCUT2D eigenvalue weighted by Gasteiger charge is -2.10. The minimum absolute atomic E-state index is 0.0987. The zero-order valence-electron chi connectivity index (χ0n) is 10.8. The lowest BCUT2D eigenvalue weighted by atomic mass is 10.1. The van der Waals surface area contributed by atoms with Gasteiger partial charge >= 0.3 is 5.97 Å². The van der Waals surface area contributed by atoms with E-state index in [1.807, 2.05) is 19.2 Å². The van der Waals surface area contributed by atoms with Gasteiger partial charge in [0.25, 0.3) is 0 Å². The van der Waals surface area contributed by atoms with E-state index in [1.165, 1.54) is 7.11 Å². The van der Waals surface area contributed by atoms with Crippen LogP contribution in [-0.2, 0) is 9.53 Å². The van der Waals surface area contributed by atoms with Crippen LogP contribution in [-0.4, -0.2) is 31.0 Å². The molecule has 0 aliphatic rings. The lowest BCUT2D eigenvalue weighted by Crippen LogP contribution is -2.15. The Labute approximate surface area is 111 Å². The van der Waals surface area contributed by atoms with Crippen molar-refractivity contribution < 1.29 is 14.3 Å². The highest BCUT2D eigenvalue weighted by atomic mass is 32.2. The third-order valence-corrected chi connectivity index (χ3v) is 3.00. The summed E-state index contributed by atoms with van der Waals surface area (Å²) in [5.41, 5.74) is 1.83. The lowest BCUT2D eigenvalue weighted by molar-refractivity contribution is -0.115. The van der Waals surface area contributed by atoms with Crippen molar-refractivity contribution in [2.24, 2.45) is 0 Å². The summed E-state index contributed by atoms with van der Waals surface area (Å²) in [6.45, 7) is 1.88. The van der Waals surface area contributed by atoms with Crippen molar-refractivity contribution in [1.29, 1.82) is 0 Å². The highest BCUT2D eigenvalue weighted by molar-refractivity contribution is 7.98. The van der Waals surface area contributed by atoms with E-state index in [2.05, 4.69) is 5.32 Å². The Bertz CT molecular complexity index is 446. The molecule has 0 aliphatic carbocycles. The van der Waals surface area contributed by atoms with Crippen LogP contribution in [0.5, 0.6) is 0 Å². The van der Waals surface area contributed by atoms with Crippen LogP contribution in [0.15, 0.2) is 18.2 Å². The Morgan fingerprint density at radius 1 is 1.39 bits per heavy atom. The summed E-state index contributed by atoms with van der Waals surface area (Å²) in [6.07, 6.45) is 2.37. The Balaban J connectivity index is 2.87. The van der Waals surface area contributed by atoms with Crippen molar-refractivity contribution >= 4 is 29.3 Å². The number of nitrogens with one attached hydrogen (secondary N) is 1. The number of benzene rings is 1. The molecule has 5 heteroatoms. The normalized spacial score (nSPS) is 9.94. The Morgan fingerprint density at radius 3 is 2.72 bits per heavy atom. The van der Waals surface area contributed by atoms with Gasteiger partial charge in [-0.2, -0.15) is 11.8 Å². The van der Waals surface area contributed by atoms with Crippen molar-refractivity contribution in [3.63, 3.8) is 0 Å². The quantitative estimate of drug-likeness (QED) is 0.833. The molecule has 0 heterocycles. The Kier molecular flexibility index (Phi) is 5.71. The van der Waals surface area contributed by atoms with Crippen molar-refractivity contribution in [2.45, 2.75) is 13.3 Å². The van der Waals surface area contributed by atoms with Crippen LogP contribution in [0.3, 0.4) is 0 Å². The largest absolute Gasteiger partial charge is 0.465 e. The van der Waals surface area contributed by atoms with E-state index < -0.39 is 5.97 Å². The van der Waals surface area contributed by atoms with Gasteiger partial charge < -0.3 is 10.1 Å². The maximum absolute atomic E-state index is 11.6. The van der Waals surface area contributed by atoms with Crippen LogP contribution in [0.2, 0.25) is 0 Å². The number of carbonyl (C=O) groups excluding carboxylic acids is 2. The number of thioether (sulfide) groups is 1. The summed E-state index contributed by atoms with van der Waals surface area (Å²) in [6, 6.07) is 5.27. The Hall–Kier alpha value is -1.49. The number of carbonyl (C=O) groups is 2. The summed E-state index contributed by atoms with van der Waals surface area (Å²) in [4.78, 5) is 23.2. The summed E-state index contributed by atoms with van der Waals surface area (Å²) < 4.78 is 4.70. The molecule has 0 aliphatic heterocycles. The molecule has 0 saturated heterocycles. The smallest absolute Gasteiger partial charge is 0.339 e. The summed E-state index contributed by atoms with van der Waals surface area (Å²) in [5.74, 6) is 0.211. The minimum atomic E-state index is -0.445. The number of anilines is 1. The molecule has 4 nitrogen and oxygen atoms in total. The van der Waals surface area contributed by atoms with Crippen LogP contribution in [0.1, 0.15) is 22.3 Å². The SMILES string of the molecule is COC(=O)c1cc(C)ccc1NC(=O)CCSC. The average molecular weight is 267 g/mol. The zero-order valence-corrected chi connectivity index (χ0v) is 11.6. The molecule has 0 saturated carbocycles. The molecule has 98 valence electrons. The molecule has 0 fully saturated rings. The van der Waals surface area contributed by atoms with Gasteiger partial charge in [-0.15, -0.1) is 0 Å². The number of methoxy groups -OCH3 is 1. The maximum Gasteiger partial charge on any atom is 0.339 e. The number of hydrogen-bond donors (Lipinski definition) is 1. The number of amides is 1. The molecule has 0 unspecified atom stereocenters. The predicted molar refractivity (Wildman–Crippen MR) is 74.1 cm³/mol. The fourth-order valence-corrected chi connectivity index (χ4v) is 1.84. The highest BCUT2D eigenvalue weighted by Crippen LogP contribution is 2.18. The van der Waals surface area contributed by atoms with Gasteiger partial charge in [-0.05, 0) is 25.3 Å². The van der Waals surface area contributed by atoms with Gasteiger partial charge in [0.05, 0.1) is 18.4 Å². The van der Waals surface area contributed by atoms with Gasteiger partial charge in [0.2, 0.25) is 5.91 Å². The predicted octanol–water partition coefficient (Wildman–Crippen LogP) is 2.47. The first kappa shape index (κ1) is 14.6. The average Bonchev–Trinajstić information content (AvgIpc) is 2.37. The molecule has 0 atom stereocenters. The number of ether oxygens (including phenoxy) is 1. The molecule has 0 bridgehead atoms. The molecule has 1 aromatic rings. The van der Waals surface area contributed by atoms with Crippen LogP contribution in [0.4, 0.5) is 5.69 Å². The fraction of sp³-hybridized carbons (Fsp3) is 0.385. The zero-order chi connectivity index (χ0) is 13.5. The molecular weight excluding hydrogens is 250 g/mol. The van der Waals surface area contributed by atoms with E-state index in [-0.39, 0.29) is 5.91 Å². The first-order chi connectivity index (χ1) is 8.58. The van der Waals surface area contributed by atoms with Gasteiger partial charge in [0.15, 0.2) is 0 Å². The topological polar surface area (TPSA) is 55.4 Å². The van der Waals surface area contributed by atoms with E-state index in [0.717, 1.165) is 11.3 Å². The minimum Gasteiger partial charge on any atom is -0.465 e. The summed E-state index contributed by atoms with van der Waals surface area (Å²) in [5, 5.41) is 2.73. The van der Waals surface area contributed by atoms with Crippen molar-refractivity contribution in [3.8, 4) is 0 Å². The van der Waals surface area contributed by atoms with Crippen molar-refractivity contribution in [2.75, 3.05) is 24.4 Å². The molecule has 1 N–H and O–H groups in total. The molecule has 18 heavy (non-hydrogen) atoms. The summed E-state index contributed by atoms with van der Waals surface area (Å²) in [7, 11) is 1.32. The second-order valence-corrected chi connectivity index (χ2v) is 4.82. The molecule has 0 aromatic heterocycles. The molecule has 0 spiro atoms. The van der Waals surface area contributed by atoms with E-state index in [4.69, 9.17) is 4.74 Å². The van der Waals surface area contributed by atoms with Crippen LogP contribution in [0, 0.1) is 6.92 Å². The third-order valence-electron chi connectivity index (χ3n) is 2.39. The monoisotopic (exact) mass is 267 g/mol. The number of esters is 1. The van der Waals surface area contributed by atoms with Crippen molar-refractivity contribution in [1.82, 2.24) is 0 Å². The Morgan fingerprint density at radius 2 is 2.11 bits per heavy atom. The van der Waals surface area contributed by atoms with Crippen molar-refractivity contribution in [3.05, 3.63) is 29.3 Å². The van der Waals surface area contributed by atoms with Gasteiger partial charge in [-0.25, -0.2) is 4.79 Å². The van der Waals surface area contributed by atoms with Crippen LogP contribution in [0.25, 0.3) is 0 Å². The second kappa shape index (κ2) is 7.06. The molecule has 1 amide bonds. The molecule has 1 rings (SSSR count). The van der Waals surface area contributed by atoms with Gasteiger partial charge in [-0.1, -0.05) is 11.6 Å². The standard InChI is InChI=1S/C13H17NO3S/c1-9-4-5-11(10(8-9)13(16)17-2)14-12(15)6-7-18-3/h4-5,8H,6-7H2,1-3H3,(H,14,15). The molecular formula is C13H17NO3S. The highest BCUT2D eigenvalue weighted by Gasteiger charge is 2.13. The van der Waals surface area contributed by atoms with E-state index in [9.17, 15) is 9.59 Å². The van der Waals surface area contributed by atoms with Gasteiger partial charge in [0, 0.05) is 12.2 Å². The van der Waals surface area contributed by atoms with Gasteiger partial charge in [0.1, 0.15) is 0 Å². The number of aryl methyl sites for hydroxylation is 1. The number of rotatable bonds is 5. The van der Waals surface area contributed by atoms with Gasteiger partial charge in [-0.3, -0.25) is 4.79 Å². The van der Waals surface area contributed by atoms with Crippen LogP contribution < -0.4 is 5.32 Å². The third kappa shape index (κ3) is 4.07. The molecule has 0 radical (unpaired) electrons. The van der Waals surface area contributed by atoms with E-state index >= 15 is 0 Å². The first-order valence-corrected chi connectivity index (χ1v) is 6.95. The number of hydrogen-bond acceptors (Lipinski definition) is 4. The maximum atomic E-state index is 11.6.